The van der Waals surface area contributed by atoms with Gasteiger partial charge in [0.2, 0.25) is 29.5 Å². The standard InChI is InChI=1S/C37H68N6O9/c1-7-9-10-11-12-13-14-15-18-31-26(5)37(50)43(6)30(21-25(3)4)36(49)40-27(17-8-2)34(47)41-28(23-44)35(48)42-29(24-51-20-16-19-38)33(46)39-22-32(45)52-31/h25-31,44H,7-24,38H2,1-6H3,(H,39,46)(H,40,49)(H,41,47)(H,42,48)/t26-,27+,28+,29+,30+,31-/m1/s1. The first-order valence-corrected chi connectivity index (χ1v) is 19.3. The van der Waals surface area contributed by atoms with Crippen LogP contribution in [0.1, 0.15) is 118 Å². The summed E-state index contributed by atoms with van der Waals surface area (Å²) in [5.41, 5.74) is 5.54. The zero-order valence-corrected chi connectivity index (χ0v) is 32.5. The van der Waals surface area contributed by atoms with Crippen LogP contribution >= 0.6 is 0 Å². The molecule has 0 unspecified atom stereocenters. The summed E-state index contributed by atoms with van der Waals surface area (Å²) < 4.78 is 11.4. The molecule has 1 heterocycles. The van der Waals surface area contributed by atoms with Gasteiger partial charge in [-0.15, -0.1) is 0 Å². The van der Waals surface area contributed by atoms with Gasteiger partial charge in [-0.1, -0.05) is 86.0 Å². The molecule has 0 aromatic carbocycles. The SMILES string of the molecule is CCCCCCCCCC[C@H]1OC(=O)CNC(=O)[C@H](COCCCN)NC(=O)[C@H](CO)NC(=O)[C@H](CCC)NC(=O)[C@H](CC(C)C)N(C)C(=O)[C@@H]1C. The fourth-order valence-electron chi connectivity index (χ4n) is 6.04. The van der Waals surface area contributed by atoms with Crippen LogP contribution in [0.2, 0.25) is 0 Å². The Morgan fingerprint density at radius 3 is 2.00 bits per heavy atom. The van der Waals surface area contributed by atoms with Crippen LogP contribution in [-0.2, 0) is 38.2 Å². The molecule has 1 aliphatic rings. The zero-order valence-electron chi connectivity index (χ0n) is 32.5. The molecule has 1 aliphatic heterocycles. The van der Waals surface area contributed by atoms with Gasteiger partial charge in [0, 0.05) is 13.7 Å². The van der Waals surface area contributed by atoms with Crippen LogP contribution in [0.25, 0.3) is 0 Å². The van der Waals surface area contributed by atoms with Crippen LogP contribution in [0.15, 0.2) is 0 Å². The monoisotopic (exact) mass is 741 g/mol. The second-order valence-corrected chi connectivity index (χ2v) is 14.3. The molecule has 300 valence electrons. The molecule has 0 aromatic rings. The lowest BCUT2D eigenvalue weighted by atomic mass is 9.94. The predicted molar refractivity (Wildman–Crippen MR) is 198 cm³/mol. The van der Waals surface area contributed by atoms with E-state index in [4.69, 9.17) is 15.2 Å². The van der Waals surface area contributed by atoms with Crippen molar-refractivity contribution in [3.05, 3.63) is 0 Å². The van der Waals surface area contributed by atoms with Gasteiger partial charge < -0.3 is 46.5 Å². The maximum absolute atomic E-state index is 14.0. The lowest BCUT2D eigenvalue weighted by molar-refractivity contribution is -0.157. The number of carbonyl (C=O) groups excluding carboxylic acids is 6. The number of nitrogens with two attached hydrogens (primary N) is 1. The smallest absolute Gasteiger partial charge is 0.325 e. The molecule has 0 radical (unpaired) electrons. The van der Waals surface area contributed by atoms with E-state index in [2.05, 4.69) is 28.2 Å². The molecule has 15 nitrogen and oxygen atoms in total. The number of cyclic esters (lactones) is 1. The third-order valence-corrected chi connectivity index (χ3v) is 9.23. The first-order chi connectivity index (χ1) is 24.8. The van der Waals surface area contributed by atoms with Crippen LogP contribution in [-0.4, -0.2) is 116 Å². The number of unbranched alkanes of at least 4 members (excludes halogenated alkanes) is 7. The average Bonchev–Trinajstić information content (AvgIpc) is 3.11. The van der Waals surface area contributed by atoms with Gasteiger partial charge in [0.05, 0.1) is 19.1 Å². The summed E-state index contributed by atoms with van der Waals surface area (Å²) in [4.78, 5) is 82.3. The van der Waals surface area contributed by atoms with Crippen molar-refractivity contribution in [2.75, 3.05) is 40.0 Å². The molecule has 6 atom stereocenters. The number of hydrogen-bond donors (Lipinski definition) is 6. The molecule has 1 saturated heterocycles. The van der Waals surface area contributed by atoms with Crippen molar-refractivity contribution in [1.29, 1.82) is 0 Å². The summed E-state index contributed by atoms with van der Waals surface area (Å²) >= 11 is 0. The topological polar surface area (TPSA) is 218 Å². The highest BCUT2D eigenvalue weighted by molar-refractivity contribution is 5.96. The number of aliphatic hydroxyl groups is 1. The number of aliphatic hydroxyl groups excluding tert-OH is 1. The maximum atomic E-state index is 14.0. The van der Waals surface area contributed by atoms with E-state index in [9.17, 15) is 33.9 Å². The number of rotatable bonds is 19. The van der Waals surface area contributed by atoms with Crippen molar-refractivity contribution in [3.8, 4) is 0 Å². The summed E-state index contributed by atoms with van der Waals surface area (Å²) in [5, 5.41) is 20.3. The summed E-state index contributed by atoms with van der Waals surface area (Å²) in [5.74, 6) is -4.87. The van der Waals surface area contributed by atoms with E-state index in [0.29, 0.717) is 38.6 Å². The number of carbonyl (C=O) groups is 6. The minimum absolute atomic E-state index is 0.00521. The van der Waals surface area contributed by atoms with Gasteiger partial charge in [-0.2, -0.15) is 0 Å². The van der Waals surface area contributed by atoms with Gasteiger partial charge in [-0.25, -0.2) is 0 Å². The largest absolute Gasteiger partial charge is 0.460 e. The summed E-state index contributed by atoms with van der Waals surface area (Å²) in [6.45, 7) is 8.43. The fraction of sp³-hybridized carbons (Fsp3) is 0.838. The van der Waals surface area contributed by atoms with E-state index >= 15 is 0 Å². The minimum atomic E-state index is -1.47. The molecule has 0 bridgehead atoms. The van der Waals surface area contributed by atoms with E-state index in [1.807, 2.05) is 20.8 Å². The molecular weight excluding hydrogens is 672 g/mol. The van der Waals surface area contributed by atoms with Gasteiger partial charge in [0.25, 0.3) is 0 Å². The van der Waals surface area contributed by atoms with Crippen molar-refractivity contribution >= 4 is 35.5 Å². The van der Waals surface area contributed by atoms with Gasteiger partial charge in [0.1, 0.15) is 36.8 Å². The lowest BCUT2D eigenvalue weighted by Gasteiger charge is -2.34. The van der Waals surface area contributed by atoms with Crippen LogP contribution in [0, 0.1) is 11.8 Å². The average molecular weight is 741 g/mol. The molecule has 5 amide bonds. The highest BCUT2D eigenvalue weighted by Crippen LogP contribution is 2.22. The Balaban J connectivity index is 3.46. The first kappa shape index (κ1) is 46.7. The van der Waals surface area contributed by atoms with E-state index in [-0.39, 0.29) is 25.6 Å². The molecule has 0 aromatic heterocycles. The van der Waals surface area contributed by atoms with Crippen LogP contribution in [0.3, 0.4) is 0 Å². The minimum Gasteiger partial charge on any atom is -0.460 e. The second kappa shape index (κ2) is 26.5. The number of nitrogens with zero attached hydrogens (tertiary/aromatic N) is 1. The van der Waals surface area contributed by atoms with E-state index in [1.54, 1.807) is 6.92 Å². The Bertz CT molecular complexity index is 1110. The van der Waals surface area contributed by atoms with Crippen molar-refractivity contribution in [2.24, 2.45) is 17.6 Å². The van der Waals surface area contributed by atoms with Gasteiger partial charge >= 0.3 is 5.97 Å². The van der Waals surface area contributed by atoms with Crippen LogP contribution in [0.5, 0.6) is 0 Å². The number of amides is 5. The normalized spacial score (nSPS) is 24.7. The Morgan fingerprint density at radius 1 is 0.808 bits per heavy atom. The number of ether oxygens (including phenoxy) is 2. The van der Waals surface area contributed by atoms with Crippen molar-refractivity contribution in [1.82, 2.24) is 26.2 Å². The molecule has 1 fully saturated rings. The molecule has 7 N–H and O–H groups in total. The molecule has 52 heavy (non-hydrogen) atoms. The van der Waals surface area contributed by atoms with E-state index in [1.165, 1.54) is 31.2 Å². The highest BCUT2D eigenvalue weighted by atomic mass is 16.5. The predicted octanol–water partition coefficient (Wildman–Crippen LogP) is 1.68. The van der Waals surface area contributed by atoms with Gasteiger partial charge in [0.15, 0.2) is 0 Å². The zero-order chi connectivity index (χ0) is 39.1. The van der Waals surface area contributed by atoms with Gasteiger partial charge in [-0.05, 0) is 44.6 Å². The Labute approximate surface area is 310 Å². The molecule has 0 saturated carbocycles. The maximum Gasteiger partial charge on any atom is 0.325 e. The Hall–Kier alpha value is -3.30. The van der Waals surface area contributed by atoms with Crippen LogP contribution < -0.4 is 27.0 Å². The van der Waals surface area contributed by atoms with Gasteiger partial charge in [-0.3, -0.25) is 28.8 Å². The molecular formula is C37H68N6O9. The van der Waals surface area contributed by atoms with Crippen molar-refractivity contribution in [3.63, 3.8) is 0 Å². The summed E-state index contributed by atoms with van der Waals surface area (Å²) in [6, 6.07) is -4.79. The molecule has 1 rings (SSSR count). The second-order valence-electron chi connectivity index (χ2n) is 14.3. The third-order valence-electron chi connectivity index (χ3n) is 9.23. The molecule has 0 spiro atoms. The summed E-state index contributed by atoms with van der Waals surface area (Å²) in [6.07, 6.45) is 9.56. The van der Waals surface area contributed by atoms with E-state index < -0.39 is 84.8 Å². The third kappa shape index (κ3) is 17.5. The van der Waals surface area contributed by atoms with Crippen LogP contribution in [0.4, 0.5) is 0 Å². The van der Waals surface area contributed by atoms with Crippen molar-refractivity contribution in [2.45, 2.75) is 148 Å². The lowest BCUT2D eigenvalue weighted by Crippen LogP contribution is -2.60. The Morgan fingerprint density at radius 2 is 1.40 bits per heavy atom. The number of hydrogen-bond acceptors (Lipinski definition) is 10. The summed E-state index contributed by atoms with van der Waals surface area (Å²) in [7, 11) is 1.53. The number of nitrogens with one attached hydrogen (secondary N) is 4. The molecule has 15 heteroatoms. The number of likely N-dealkylation sites (N-methyl/N-ethyl adjacent to an activating group) is 1. The Kier molecular flexibility index (Phi) is 23.8. The first-order valence-electron chi connectivity index (χ1n) is 19.3. The number of esters is 1. The quantitative estimate of drug-likeness (QED) is 0.0832. The molecule has 0 aliphatic carbocycles. The highest BCUT2D eigenvalue weighted by Gasteiger charge is 2.37. The fourth-order valence-corrected chi connectivity index (χ4v) is 6.04. The van der Waals surface area contributed by atoms with E-state index in [0.717, 1.165) is 25.7 Å². The van der Waals surface area contributed by atoms with Crippen molar-refractivity contribution < 1.29 is 43.3 Å².